The molecule has 0 spiro atoms. The number of nitriles is 1. The van der Waals surface area contributed by atoms with Crippen LogP contribution in [0.5, 0.6) is 0 Å². The van der Waals surface area contributed by atoms with Crippen LogP contribution in [0.15, 0.2) is 18.6 Å². The van der Waals surface area contributed by atoms with Gasteiger partial charge in [0, 0.05) is 0 Å². The molecule has 0 saturated carbocycles. The normalized spacial score (nSPS) is 9.78. The summed E-state index contributed by atoms with van der Waals surface area (Å²) in [5.41, 5.74) is 5.99. The van der Waals surface area contributed by atoms with Crippen molar-refractivity contribution >= 4 is 11.7 Å². The van der Waals surface area contributed by atoms with Gasteiger partial charge >= 0.3 is 5.97 Å². The maximum Gasteiger partial charge on any atom is 0.340 e. The fraction of sp³-hybridized carbons (Fsp3) is 0.100. The zero-order valence-electron chi connectivity index (χ0n) is 9.36. The van der Waals surface area contributed by atoms with Gasteiger partial charge < -0.3 is 10.5 Å². The standard InChI is InChI=1S/C10H8N6O2/c1-18-10(17)6-2-9(13-4-7(6)12)16-5-14-8(3-11)15-16/h2,4-5H,12H2,1H3. The second-order valence-corrected chi connectivity index (χ2v) is 3.25. The van der Waals surface area contributed by atoms with E-state index in [4.69, 9.17) is 11.0 Å². The summed E-state index contributed by atoms with van der Waals surface area (Å²) in [6, 6.07) is 3.20. The van der Waals surface area contributed by atoms with Gasteiger partial charge in [0.15, 0.2) is 5.82 Å². The van der Waals surface area contributed by atoms with E-state index in [-0.39, 0.29) is 17.1 Å². The van der Waals surface area contributed by atoms with Gasteiger partial charge in [-0.1, -0.05) is 0 Å². The fourth-order valence-corrected chi connectivity index (χ4v) is 1.29. The zero-order valence-corrected chi connectivity index (χ0v) is 9.36. The first-order valence-electron chi connectivity index (χ1n) is 4.81. The molecule has 0 saturated heterocycles. The average molecular weight is 244 g/mol. The molecule has 2 N–H and O–H groups in total. The Morgan fingerprint density at radius 3 is 2.94 bits per heavy atom. The van der Waals surface area contributed by atoms with Gasteiger partial charge in [-0.3, -0.25) is 0 Å². The lowest BCUT2D eigenvalue weighted by Gasteiger charge is -2.05. The monoisotopic (exact) mass is 244 g/mol. The number of nitrogen functional groups attached to an aromatic ring is 1. The molecule has 0 bridgehead atoms. The Balaban J connectivity index is 2.47. The van der Waals surface area contributed by atoms with Crippen molar-refractivity contribution in [3.05, 3.63) is 30.0 Å². The van der Waals surface area contributed by atoms with Crippen molar-refractivity contribution in [2.45, 2.75) is 0 Å². The number of esters is 1. The minimum atomic E-state index is -0.572. The molecular formula is C10H8N6O2. The van der Waals surface area contributed by atoms with E-state index in [0.717, 1.165) is 0 Å². The molecule has 0 atom stereocenters. The molecule has 0 aliphatic carbocycles. The maximum atomic E-state index is 11.5. The first-order chi connectivity index (χ1) is 8.65. The molecule has 2 heterocycles. The number of methoxy groups -OCH3 is 1. The van der Waals surface area contributed by atoms with E-state index in [1.807, 2.05) is 0 Å². The molecule has 0 fully saturated rings. The average Bonchev–Trinajstić information content (AvgIpc) is 2.87. The highest BCUT2D eigenvalue weighted by Gasteiger charge is 2.13. The topological polar surface area (TPSA) is 120 Å². The summed E-state index contributed by atoms with van der Waals surface area (Å²) in [5.74, 6) is -0.247. The first-order valence-corrected chi connectivity index (χ1v) is 4.81. The lowest BCUT2D eigenvalue weighted by atomic mass is 10.2. The molecule has 0 aromatic carbocycles. The summed E-state index contributed by atoms with van der Waals surface area (Å²) in [4.78, 5) is 19.2. The highest BCUT2D eigenvalue weighted by atomic mass is 16.5. The minimum absolute atomic E-state index is 0.00763. The van der Waals surface area contributed by atoms with Crippen LogP contribution in [0, 0.1) is 11.3 Å². The van der Waals surface area contributed by atoms with Gasteiger partial charge in [-0.25, -0.2) is 19.4 Å². The number of aromatic nitrogens is 4. The number of carbonyl (C=O) groups excluding carboxylic acids is 1. The van der Waals surface area contributed by atoms with Crippen LogP contribution < -0.4 is 5.73 Å². The van der Waals surface area contributed by atoms with Gasteiger partial charge in [0.05, 0.1) is 24.6 Å². The van der Waals surface area contributed by atoms with Gasteiger partial charge in [-0.05, 0) is 6.07 Å². The van der Waals surface area contributed by atoms with E-state index >= 15 is 0 Å². The molecule has 0 unspecified atom stereocenters. The summed E-state index contributed by atoms with van der Waals surface area (Å²) < 4.78 is 5.86. The van der Waals surface area contributed by atoms with Crippen LogP contribution in [0.25, 0.3) is 5.82 Å². The Kier molecular flexibility index (Phi) is 2.89. The number of pyridine rings is 1. The highest BCUT2D eigenvalue weighted by Crippen LogP contribution is 2.14. The van der Waals surface area contributed by atoms with E-state index in [1.54, 1.807) is 6.07 Å². The molecule has 18 heavy (non-hydrogen) atoms. The number of ether oxygens (including phenoxy) is 1. The smallest absolute Gasteiger partial charge is 0.340 e. The number of hydrogen-bond acceptors (Lipinski definition) is 7. The Bertz CT molecular complexity index is 642. The van der Waals surface area contributed by atoms with Crippen LogP contribution in [0.4, 0.5) is 5.69 Å². The van der Waals surface area contributed by atoms with Crippen molar-refractivity contribution in [1.29, 1.82) is 5.26 Å². The molecule has 2 aromatic heterocycles. The van der Waals surface area contributed by atoms with Crippen LogP contribution in [-0.4, -0.2) is 32.8 Å². The maximum absolute atomic E-state index is 11.5. The lowest BCUT2D eigenvalue weighted by Crippen LogP contribution is -2.09. The van der Waals surface area contributed by atoms with Gasteiger partial charge in [0.2, 0.25) is 0 Å². The number of nitrogens with zero attached hydrogens (tertiary/aromatic N) is 5. The van der Waals surface area contributed by atoms with Crippen molar-refractivity contribution in [3.8, 4) is 11.9 Å². The van der Waals surface area contributed by atoms with Crippen molar-refractivity contribution in [2.75, 3.05) is 12.8 Å². The van der Waals surface area contributed by atoms with Crippen LogP contribution in [0.2, 0.25) is 0 Å². The third-order valence-corrected chi connectivity index (χ3v) is 2.15. The largest absolute Gasteiger partial charge is 0.465 e. The molecule has 0 radical (unpaired) electrons. The lowest BCUT2D eigenvalue weighted by molar-refractivity contribution is 0.0602. The second-order valence-electron chi connectivity index (χ2n) is 3.25. The second kappa shape index (κ2) is 4.50. The number of carbonyl (C=O) groups is 1. The van der Waals surface area contributed by atoms with Crippen molar-refractivity contribution in [1.82, 2.24) is 19.7 Å². The molecule has 8 nitrogen and oxygen atoms in total. The van der Waals surface area contributed by atoms with Crippen molar-refractivity contribution < 1.29 is 9.53 Å². The van der Waals surface area contributed by atoms with Crippen LogP contribution >= 0.6 is 0 Å². The van der Waals surface area contributed by atoms with Crippen molar-refractivity contribution in [3.63, 3.8) is 0 Å². The van der Waals surface area contributed by atoms with Gasteiger partial charge in [0.25, 0.3) is 5.82 Å². The summed E-state index contributed by atoms with van der Waals surface area (Å²) in [6.07, 6.45) is 2.63. The molecule has 0 aliphatic heterocycles. The van der Waals surface area contributed by atoms with E-state index < -0.39 is 5.97 Å². The predicted octanol–water partition coefficient (Wildman–Crippen LogP) is -0.0972. The molecule has 8 heteroatoms. The number of anilines is 1. The van der Waals surface area contributed by atoms with Crippen molar-refractivity contribution in [2.24, 2.45) is 0 Å². The minimum Gasteiger partial charge on any atom is -0.465 e. The molecule has 90 valence electrons. The molecule has 2 aromatic rings. The first kappa shape index (κ1) is 11.5. The van der Waals surface area contributed by atoms with E-state index in [1.165, 1.54) is 30.4 Å². The van der Waals surface area contributed by atoms with Crippen LogP contribution in [0.1, 0.15) is 16.2 Å². The van der Waals surface area contributed by atoms with Crippen LogP contribution in [-0.2, 0) is 4.74 Å². The highest BCUT2D eigenvalue weighted by molar-refractivity contribution is 5.95. The molecule has 2 rings (SSSR count). The Labute approximate surface area is 102 Å². The third kappa shape index (κ3) is 1.97. The zero-order chi connectivity index (χ0) is 13.1. The number of nitrogens with two attached hydrogens (primary N) is 1. The van der Waals surface area contributed by atoms with Gasteiger partial charge in [0.1, 0.15) is 12.4 Å². The SMILES string of the molecule is COC(=O)c1cc(-n2cnc(C#N)n2)ncc1N. The van der Waals surface area contributed by atoms with Gasteiger partial charge in [-0.2, -0.15) is 5.26 Å². The van der Waals surface area contributed by atoms with E-state index in [0.29, 0.717) is 5.82 Å². The Morgan fingerprint density at radius 1 is 1.56 bits per heavy atom. The summed E-state index contributed by atoms with van der Waals surface area (Å²) in [5, 5.41) is 12.5. The van der Waals surface area contributed by atoms with Gasteiger partial charge in [-0.15, -0.1) is 5.10 Å². The molecule has 0 aliphatic rings. The summed E-state index contributed by atoms with van der Waals surface area (Å²) in [6.45, 7) is 0. The summed E-state index contributed by atoms with van der Waals surface area (Å²) in [7, 11) is 1.26. The van der Waals surface area contributed by atoms with Crippen LogP contribution in [0.3, 0.4) is 0 Å². The Hall–Kier alpha value is -2.95. The Morgan fingerprint density at radius 2 is 2.33 bits per heavy atom. The summed E-state index contributed by atoms with van der Waals surface area (Å²) >= 11 is 0. The predicted molar refractivity (Wildman–Crippen MR) is 59.6 cm³/mol. The third-order valence-electron chi connectivity index (χ3n) is 2.15. The molecule has 0 amide bonds. The quantitative estimate of drug-likeness (QED) is 0.732. The number of rotatable bonds is 2. The van der Waals surface area contributed by atoms with E-state index in [2.05, 4.69) is 19.8 Å². The number of hydrogen-bond donors (Lipinski definition) is 1. The molecular weight excluding hydrogens is 236 g/mol. The fourth-order valence-electron chi connectivity index (χ4n) is 1.29. The van der Waals surface area contributed by atoms with E-state index in [9.17, 15) is 4.79 Å².